The second-order valence-corrected chi connectivity index (χ2v) is 6.16. The van der Waals surface area contributed by atoms with Crippen molar-refractivity contribution < 1.29 is 9.59 Å². The molecule has 1 fully saturated rings. The fourth-order valence-electron chi connectivity index (χ4n) is 2.86. The number of amides is 2. The monoisotopic (exact) mass is 323 g/mol. The summed E-state index contributed by atoms with van der Waals surface area (Å²) in [5.74, 6) is -0.111. The summed E-state index contributed by atoms with van der Waals surface area (Å²) in [7, 11) is 3.87. The molecular formula is C19H21N3O2. The highest BCUT2D eigenvalue weighted by molar-refractivity contribution is 5.99. The lowest BCUT2D eigenvalue weighted by Gasteiger charge is -2.17. The third-order valence-corrected chi connectivity index (χ3v) is 4.15. The van der Waals surface area contributed by atoms with Gasteiger partial charge in [0.15, 0.2) is 0 Å². The molecule has 5 heteroatoms. The number of benzene rings is 2. The van der Waals surface area contributed by atoms with Gasteiger partial charge in [-0.1, -0.05) is 24.3 Å². The highest BCUT2D eigenvalue weighted by Crippen LogP contribution is 2.21. The average molecular weight is 323 g/mol. The predicted molar refractivity (Wildman–Crippen MR) is 95.4 cm³/mol. The van der Waals surface area contributed by atoms with E-state index in [1.807, 2.05) is 67.5 Å². The topological polar surface area (TPSA) is 52.7 Å². The van der Waals surface area contributed by atoms with Gasteiger partial charge >= 0.3 is 0 Å². The molecule has 1 saturated heterocycles. The number of anilines is 2. The van der Waals surface area contributed by atoms with Gasteiger partial charge in [-0.3, -0.25) is 9.59 Å². The maximum absolute atomic E-state index is 12.5. The summed E-state index contributed by atoms with van der Waals surface area (Å²) in [5, 5.41) is 2.97. The number of para-hydroxylation sites is 1. The largest absolute Gasteiger partial charge is 0.378 e. The van der Waals surface area contributed by atoms with E-state index in [0.29, 0.717) is 18.5 Å². The Morgan fingerprint density at radius 3 is 2.58 bits per heavy atom. The van der Waals surface area contributed by atoms with E-state index >= 15 is 0 Å². The summed E-state index contributed by atoms with van der Waals surface area (Å²) >= 11 is 0. The fraction of sp³-hybridized carbons (Fsp3) is 0.263. The molecule has 5 nitrogen and oxygen atoms in total. The van der Waals surface area contributed by atoms with Crippen molar-refractivity contribution in [3.63, 3.8) is 0 Å². The van der Waals surface area contributed by atoms with Gasteiger partial charge < -0.3 is 15.1 Å². The van der Waals surface area contributed by atoms with Gasteiger partial charge in [0, 0.05) is 44.0 Å². The quantitative estimate of drug-likeness (QED) is 0.939. The average Bonchev–Trinajstić information content (AvgIpc) is 2.96. The second kappa shape index (κ2) is 6.74. The molecular weight excluding hydrogens is 302 g/mol. The SMILES string of the molecule is CN(C)c1cccc(C(=O)NC2CC(=O)N(c3ccccc3)C2)c1. The zero-order chi connectivity index (χ0) is 17.1. The molecule has 2 amide bonds. The van der Waals surface area contributed by atoms with Crippen LogP contribution in [0.1, 0.15) is 16.8 Å². The molecule has 2 aromatic carbocycles. The number of nitrogens with one attached hydrogen (secondary N) is 1. The number of carbonyl (C=O) groups excluding carboxylic acids is 2. The highest BCUT2D eigenvalue weighted by atomic mass is 16.2. The number of hydrogen-bond donors (Lipinski definition) is 1. The maximum atomic E-state index is 12.5. The Morgan fingerprint density at radius 2 is 1.88 bits per heavy atom. The smallest absolute Gasteiger partial charge is 0.251 e. The molecule has 124 valence electrons. The van der Waals surface area contributed by atoms with Crippen LogP contribution in [0.15, 0.2) is 54.6 Å². The van der Waals surface area contributed by atoms with Crippen LogP contribution < -0.4 is 15.1 Å². The molecule has 1 N–H and O–H groups in total. The van der Waals surface area contributed by atoms with Crippen molar-refractivity contribution in [2.45, 2.75) is 12.5 Å². The molecule has 0 aliphatic carbocycles. The van der Waals surface area contributed by atoms with E-state index in [0.717, 1.165) is 11.4 Å². The van der Waals surface area contributed by atoms with E-state index in [4.69, 9.17) is 0 Å². The van der Waals surface area contributed by atoms with Gasteiger partial charge in [-0.05, 0) is 30.3 Å². The standard InChI is InChI=1S/C19H21N3O2/c1-21(2)17-10-6-7-14(11-17)19(24)20-15-12-18(23)22(13-15)16-8-4-3-5-9-16/h3-11,15H,12-13H2,1-2H3,(H,20,24). The van der Waals surface area contributed by atoms with Crippen molar-refractivity contribution in [1.82, 2.24) is 5.32 Å². The first kappa shape index (κ1) is 16.1. The van der Waals surface area contributed by atoms with Crippen LogP contribution in [0.4, 0.5) is 11.4 Å². The van der Waals surface area contributed by atoms with E-state index in [9.17, 15) is 9.59 Å². The first-order valence-corrected chi connectivity index (χ1v) is 7.98. The predicted octanol–water partition coefficient (Wildman–Crippen LogP) is 2.29. The molecule has 1 heterocycles. The first-order valence-electron chi connectivity index (χ1n) is 7.98. The molecule has 0 saturated carbocycles. The number of rotatable bonds is 4. The third kappa shape index (κ3) is 3.40. The van der Waals surface area contributed by atoms with Crippen molar-refractivity contribution in [1.29, 1.82) is 0 Å². The molecule has 1 aliphatic heterocycles. The van der Waals surface area contributed by atoms with Crippen molar-refractivity contribution >= 4 is 23.2 Å². The third-order valence-electron chi connectivity index (χ3n) is 4.15. The minimum atomic E-state index is -0.173. The Balaban J connectivity index is 1.68. The van der Waals surface area contributed by atoms with Crippen LogP contribution in [-0.2, 0) is 4.79 Å². The Labute approximate surface area is 141 Å². The van der Waals surface area contributed by atoms with E-state index in [2.05, 4.69) is 5.32 Å². The van der Waals surface area contributed by atoms with Crippen LogP contribution in [-0.4, -0.2) is 38.5 Å². The van der Waals surface area contributed by atoms with Gasteiger partial charge in [0.05, 0.1) is 6.04 Å². The van der Waals surface area contributed by atoms with E-state index < -0.39 is 0 Å². The normalized spacial score (nSPS) is 17.0. The summed E-state index contributed by atoms with van der Waals surface area (Å²) in [5.41, 5.74) is 2.44. The lowest BCUT2D eigenvalue weighted by molar-refractivity contribution is -0.117. The number of hydrogen-bond acceptors (Lipinski definition) is 3. The zero-order valence-electron chi connectivity index (χ0n) is 13.9. The lowest BCUT2D eigenvalue weighted by atomic mass is 10.1. The maximum Gasteiger partial charge on any atom is 0.251 e. The minimum Gasteiger partial charge on any atom is -0.378 e. The molecule has 2 aromatic rings. The van der Waals surface area contributed by atoms with Gasteiger partial charge in [-0.25, -0.2) is 0 Å². The van der Waals surface area contributed by atoms with Crippen molar-refractivity contribution in [2.75, 3.05) is 30.4 Å². The second-order valence-electron chi connectivity index (χ2n) is 6.16. The van der Waals surface area contributed by atoms with Gasteiger partial charge in [-0.2, -0.15) is 0 Å². The molecule has 0 spiro atoms. The van der Waals surface area contributed by atoms with Crippen LogP contribution in [0, 0.1) is 0 Å². The van der Waals surface area contributed by atoms with Crippen LogP contribution in [0.2, 0.25) is 0 Å². The summed E-state index contributed by atoms with van der Waals surface area (Å²) in [6.07, 6.45) is 0.327. The van der Waals surface area contributed by atoms with Crippen LogP contribution in [0.25, 0.3) is 0 Å². The molecule has 1 atom stereocenters. The van der Waals surface area contributed by atoms with E-state index in [1.54, 1.807) is 11.0 Å². The molecule has 0 bridgehead atoms. The highest BCUT2D eigenvalue weighted by Gasteiger charge is 2.31. The molecule has 1 aliphatic rings. The van der Waals surface area contributed by atoms with Crippen LogP contribution in [0.5, 0.6) is 0 Å². The van der Waals surface area contributed by atoms with Crippen LogP contribution >= 0.6 is 0 Å². The summed E-state index contributed by atoms with van der Waals surface area (Å²) in [6.45, 7) is 0.502. The zero-order valence-corrected chi connectivity index (χ0v) is 13.9. The van der Waals surface area contributed by atoms with Gasteiger partial charge in [0.2, 0.25) is 5.91 Å². The lowest BCUT2D eigenvalue weighted by Crippen LogP contribution is -2.37. The minimum absolute atomic E-state index is 0.0357. The fourth-order valence-corrected chi connectivity index (χ4v) is 2.86. The number of nitrogens with zero attached hydrogens (tertiary/aromatic N) is 2. The molecule has 0 radical (unpaired) electrons. The van der Waals surface area contributed by atoms with E-state index in [-0.39, 0.29) is 17.9 Å². The molecule has 1 unspecified atom stereocenters. The van der Waals surface area contributed by atoms with Gasteiger partial charge in [0.1, 0.15) is 0 Å². The van der Waals surface area contributed by atoms with Gasteiger partial charge in [0.25, 0.3) is 5.91 Å². The van der Waals surface area contributed by atoms with Crippen molar-refractivity contribution in [3.8, 4) is 0 Å². The Morgan fingerprint density at radius 1 is 1.12 bits per heavy atom. The van der Waals surface area contributed by atoms with Crippen molar-refractivity contribution in [2.24, 2.45) is 0 Å². The van der Waals surface area contributed by atoms with Gasteiger partial charge in [-0.15, -0.1) is 0 Å². The Hall–Kier alpha value is -2.82. The molecule has 0 aromatic heterocycles. The first-order chi connectivity index (χ1) is 11.5. The summed E-state index contributed by atoms with van der Waals surface area (Å²) < 4.78 is 0. The van der Waals surface area contributed by atoms with E-state index in [1.165, 1.54) is 0 Å². The summed E-state index contributed by atoms with van der Waals surface area (Å²) in [4.78, 5) is 28.4. The molecule has 24 heavy (non-hydrogen) atoms. The van der Waals surface area contributed by atoms with Crippen LogP contribution in [0.3, 0.4) is 0 Å². The summed E-state index contributed by atoms with van der Waals surface area (Å²) in [6, 6.07) is 16.8. The number of carbonyl (C=O) groups is 2. The Bertz CT molecular complexity index is 743. The van der Waals surface area contributed by atoms with Crippen molar-refractivity contribution in [3.05, 3.63) is 60.2 Å². The molecule has 3 rings (SSSR count). The Kier molecular flexibility index (Phi) is 4.51.